The van der Waals surface area contributed by atoms with E-state index in [1.54, 1.807) is 30.9 Å². The fourth-order valence-electron chi connectivity index (χ4n) is 3.48. The van der Waals surface area contributed by atoms with Gasteiger partial charge in [0.05, 0.1) is 11.4 Å². The molecule has 11 heteroatoms. The van der Waals surface area contributed by atoms with Gasteiger partial charge in [-0.3, -0.25) is 19.4 Å². The third-order valence-electron chi connectivity index (χ3n) is 5.38. The van der Waals surface area contributed by atoms with E-state index >= 15 is 0 Å². The normalized spacial score (nSPS) is 11.6. The Morgan fingerprint density at radius 2 is 1.85 bits per heavy atom. The third-order valence-corrected chi connectivity index (χ3v) is 5.38. The number of aromatic nitrogens is 5. The maximum absolute atomic E-state index is 14.5. The highest BCUT2D eigenvalue weighted by molar-refractivity contribution is 5.99. The zero-order valence-corrected chi connectivity index (χ0v) is 19.5. The van der Waals surface area contributed by atoms with Crippen molar-refractivity contribution in [2.75, 3.05) is 16.4 Å². The number of halogens is 1. The van der Waals surface area contributed by atoms with Crippen molar-refractivity contribution in [2.24, 2.45) is 14.1 Å². The molecule has 0 aliphatic rings. The molecule has 4 aromatic rings. The van der Waals surface area contributed by atoms with Crippen LogP contribution in [0.5, 0.6) is 0 Å². The van der Waals surface area contributed by atoms with E-state index in [0.29, 0.717) is 28.0 Å². The van der Waals surface area contributed by atoms with E-state index in [2.05, 4.69) is 25.7 Å². The summed E-state index contributed by atoms with van der Waals surface area (Å²) in [7, 11) is 3.27. The Hall–Kier alpha value is -4.28. The molecule has 4 N–H and O–H groups in total. The van der Waals surface area contributed by atoms with Crippen molar-refractivity contribution in [1.82, 2.24) is 24.3 Å². The molecule has 2 amide bonds. The predicted molar refractivity (Wildman–Crippen MR) is 129 cm³/mol. The van der Waals surface area contributed by atoms with Crippen LogP contribution in [0.2, 0.25) is 0 Å². The lowest BCUT2D eigenvalue weighted by atomic mass is 9.92. The number of nitrogens with zero attached hydrogens (tertiary/aromatic N) is 5. The second-order valence-electron chi connectivity index (χ2n) is 8.99. The van der Waals surface area contributed by atoms with E-state index in [1.807, 2.05) is 20.8 Å². The summed E-state index contributed by atoms with van der Waals surface area (Å²) in [5, 5.41) is 10.2. The molecule has 3 aromatic heterocycles. The number of hydrogen-bond donors (Lipinski definition) is 3. The SMILES string of the molecule is Cn1nc(C(C)(C)C)cc1NC(=O)Nc1cc(-c2cc3cnc(N)nc3n(C)c2=O)ccc1F. The number of carbonyl (C=O) groups excluding carboxylic acids is 1. The van der Waals surface area contributed by atoms with Gasteiger partial charge in [0.2, 0.25) is 5.95 Å². The fourth-order valence-corrected chi connectivity index (χ4v) is 3.48. The topological polar surface area (TPSA) is 133 Å². The molecule has 0 bridgehead atoms. The average Bonchev–Trinajstić information content (AvgIpc) is 3.13. The van der Waals surface area contributed by atoms with Gasteiger partial charge in [-0.25, -0.2) is 14.2 Å². The molecule has 4 rings (SSSR count). The minimum atomic E-state index is -0.645. The van der Waals surface area contributed by atoms with Crippen LogP contribution in [-0.4, -0.2) is 30.3 Å². The van der Waals surface area contributed by atoms with Gasteiger partial charge in [-0.05, 0) is 23.8 Å². The maximum Gasteiger partial charge on any atom is 0.324 e. The van der Waals surface area contributed by atoms with Gasteiger partial charge in [-0.1, -0.05) is 26.8 Å². The number of hydrogen-bond acceptors (Lipinski definition) is 6. The molecule has 0 radical (unpaired) electrons. The van der Waals surface area contributed by atoms with Crippen LogP contribution in [0.15, 0.2) is 41.3 Å². The number of pyridine rings is 1. The number of fused-ring (bicyclic) bond motifs is 1. The van der Waals surface area contributed by atoms with Gasteiger partial charge in [-0.2, -0.15) is 10.1 Å². The number of nitrogen functional groups attached to an aromatic ring is 1. The van der Waals surface area contributed by atoms with Gasteiger partial charge in [0.1, 0.15) is 17.3 Å². The Balaban J connectivity index is 1.64. The van der Waals surface area contributed by atoms with Crippen LogP contribution >= 0.6 is 0 Å². The van der Waals surface area contributed by atoms with Crippen molar-refractivity contribution < 1.29 is 9.18 Å². The van der Waals surface area contributed by atoms with Crippen LogP contribution in [0.25, 0.3) is 22.2 Å². The summed E-state index contributed by atoms with van der Waals surface area (Å²) in [5.74, 6) is -0.132. The van der Waals surface area contributed by atoms with Crippen molar-refractivity contribution in [3.05, 3.63) is 58.4 Å². The number of amides is 2. The van der Waals surface area contributed by atoms with Crippen LogP contribution in [0.3, 0.4) is 0 Å². The fraction of sp³-hybridized carbons (Fsp3) is 0.261. The van der Waals surface area contributed by atoms with E-state index in [4.69, 9.17) is 5.73 Å². The van der Waals surface area contributed by atoms with E-state index in [9.17, 15) is 14.0 Å². The first-order chi connectivity index (χ1) is 15.9. The van der Waals surface area contributed by atoms with Crippen molar-refractivity contribution in [2.45, 2.75) is 26.2 Å². The number of aryl methyl sites for hydroxylation is 2. The van der Waals surface area contributed by atoms with E-state index in [1.165, 1.54) is 29.0 Å². The van der Waals surface area contributed by atoms with Crippen molar-refractivity contribution in [3.8, 4) is 11.1 Å². The summed E-state index contributed by atoms with van der Waals surface area (Å²) >= 11 is 0. The number of nitrogens with one attached hydrogen (secondary N) is 2. The lowest BCUT2D eigenvalue weighted by molar-refractivity contribution is 0.262. The number of benzene rings is 1. The van der Waals surface area contributed by atoms with Crippen LogP contribution in [0, 0.1) is 5.82 Å². The average molecular weight is 465 g/mol. The van der Waals surface area contributed by atoms with Gasteiger partial charge < -0.3 is 11.1 Å². The second-order valence-corrected chi connectivity index (χ2v) is 8.99. The number of nitrogens with two attached hydrogens (primary N) is 1. The Kier molecular flexibility index (Phi) is 5.56. The summed E-state index contributed by atoms with van der Waals surface area (Å²) in [6.07, 6.45) is 1.51. The number of rotatable bonds is 3. The molecule has 0 aliphatic heterocycles. The molecule has 0 atom stereocenters. The molecule has 10 nitrogen and oxygen atoms in total. The summed E-state index contributed by atoms with van der Waals surface area (Å²) < 4.78 is 17.4. The minimum Gasteiger partial charge on any atom is -0.368 e. The molecular formula is C23H25FN8O2. The molecule has 0 spiro atoms. The standard InChI is InChI=1S/C23H25FN8O2/c1-23(2,3)17-10-18(32(5)30-17)28-22(34)27-16-9-12(6-7-15(16)24)14-8-13-11-26-21(25)29-19(13)31(4)20(14)33/h6-11H,1-5H3,(H2,25,26,29)(H2,27,28,34). The molecule has 1 aromatic carbocycles. The summed E-state index contributed by atoms with van der Waals surface area (Å²) in [4.78, 5) is 33.6. The molecule has 0 saturated heterocycles. The molecule has 34 heavy (non-hydrogen) atoms. The lowest BCUT2D eigenvalue weighted by Gasteiger charge is -2.13. The highest BCUT2D eigenvalue weighted by atomic mass is 19.1. The summed E-state index contributed by atoms with van der Waals surface area (Å²) in [5.41, 5.74) is 6.91. The van der Waals surface area contributed by atoms with E-state index in [0.717, 1.165) is 5.69 Å². The van der Waals surface area contributed by atoms with Crippen molar-refractivity contribution in [1.29, 1.82) is 0 Å². The zero-order valence-electron chi connectivity index (χ0n) is 19.5. The van der Waals surface area contributed by atoms with Gasteiger partial charge >= 0.3 is 6.03 Å². The van der Waals surface area contributed by atoms with Crippen LogP contribution in [0.4, 0.5) is 26.6 Å². The van der Waals surface area contributed by atoms with Gasteiger partial charge in [0, 0.05) is 42.7 Å². The monoisotopic (exact) mass is 464 g/mol. The molecule has 0 unspecified atom stereocenters. The first kappa shape index (κ1) is 22.9. The van der Waals surface area contributed by atoms with Gasteiger partial charge in [0.25, 0.3) is 5.56 Å². The van der Waals surface area contributed by atoms with Gasteiger partial charge in [-0.15, -0.1) is 0 Å². The summed E-state index contributed by atoms with van der Waals surface area (Å²) in [6, 6.07) is 6.79. The predicted octanol–water partition coefficient (Wildman–Crippen LogP) is 3.39. The van der Waals surface area contributed by atoms with Crippen LogP contribution in [-0.2, 0) is 19.5 Å². The quantitative estimate of drug-likeness (QED) is 0.426. The Morgan fingerprint density at radius 1 is 1.12 bits per heavy atom. The molecule has 0 saturated carbocycles. The first-order valence-corrected chi connectivity index (χ1v) is 10.5. The Bertz CT molecular complexity index is 1480. The highest BCUT2D eigenvalue weighted by Gasteiger charge is 2.20. The molecule has 0 aliphatic carbocycles. The molecule has 176 valence electrons. The lowest BCUT2D eigenvalue weighted by Crippen LogP contribution is -2.22. The van der Waals surface area contributed by atoms with E-state index in [-0.39, 0.29) is 22.6 Å². The maximum atomic E-state index is 14.5. The highest BCUT2D eigenvalue weighted by Crippen LogP contribution is 2.26. The molecule has 3 heterocycles. The zero-order chi connectivity index (χ0) is 24.8. The smallest absolute Gasteiger partial charge is 0.324 e. The Morgan fingerprint density at radius 3 is 2.53 bits per heavy atom. The second kappa shape index (κ2) is 8.25. The number of urea groups is 1. The van der Waals surface area contributed by atoms with Crippen LogP contribution < -0.4 is 21.9 Å². The third kappa shape index (κ3) is 4.32. The molecular weight excluding hydrogens is 439 g/mol. The number of carbonyl (C=O) groups is 1. The molecule has 0 fully saturated rings. The summed E-state index contributed by atoms with van der Waals surface area (Å²) in [6.45, 7) is 6.04. The van der Waals surface area contributed by atoms with Crippen molar-refractivity contribution in [3.63, 3.8) is 0 Å². The van der Waals surface area contributed by atoms with Crippen LogP contribution in [0.1, 0.15) is 26.5 Å². The van der Waals surface area contributed by atoms with Crippen molar-refractivity contribution >= 4 is 34.5 Å². The largest absolute Gasteiger partial charge is 0.368 e. The van der Waals surface area contributed by atoms with E-state index < -0.39 is 11.8 Å². The first-order valence-electron chi connectivity index (χ1n) is 10.5. The number of anilines is 3. The minimum absolute atomic E-state index is 0.0533. The Labute approximate surface area is 194 Å². The van der Waals surface area contributed by atoms with Gasteiger partial charge in [0.15, 0.2) is 0 Å².